The van der Waals surface area contributed by atoms with Gasteiger partial charge >= 0.3 is 0 Å². The minimum atomic E-state index is 0.631. The molecular weight excluding hydrogens is 244 g/mol. The summed E-state index contributed by atoms with van der Waals surface area (Å²) in [4.78, 5) is 2.83. The van der Waals surface area contributed by atoms with Gasteiger partial charge in [0.2, 0.25) is 0 Å². The van der Waals surface area contributed by atoms with Gasteiger partial charge in [-0.25, -0.2) is 0 Å². The van der Waals surface area contributed by atoms with Crippen LogP contribution in [0.3, 0.4) is 0 Å². The molecule has 0 aromatic carbocycles. The van der Waals surface area contributed by atoms with Crippen molar-refractivity contribution < 1.29 is 0 Å². The zero-order valence-corrected chi connectivity index (χ0v) is 14.2. The summed E-state index contributed by atoms with van der Waals surface area (Å²) in [5.74, 6) is 2.77. The molecule has 0 aromatic rings. The van der Waals surface area contributed by atoms with Gasteiger partial charge in [-0.1, -0.05) is 27.7 Å². The number of nitrogens with one attached hydrogen (secondary N) is 1. The first-order valence-corrected chi connectivity index (χ1v) is 9.03. The molecule has 2 nitrogen and oxygen atoms in total. The minimum Gasteiger partial charge on any atom is -0.314 e. The monoisotopic (exact) mass is 280 g/mol. The number of nitrogens with zero attached hydrogens (tertiary/aromatic N) is 1. The zero-order chi connectivity index (χ0) is 14.5. The lowest BCUT2D eigenvalue weighted by Gasteiger charge is -2.42. The third kappa shape index (κ3) is 4.73. The van der Waals surface area contributed by atoms with Gasteiger partial charge < -0.3 is 10.2 Å². The number of likely N-dealkylation sites (tertiary alicyclic amines) is 1. The van der Waals surface area contributed by atoms with Crippen molar-refractivity contribution in [3.05, 3.63) is 0 Å². The first kappa shape index (κ1) is 16.3. The molecule has 118 valence electrons. The van der Waals surface area contributed by atoms with E-state index < -0.39 is 0 Å². The molecule has 20 heavy (non-hydrogen) atoms. The van der Waals surface area contributed by atoms with E-state index in [-0.39, 0.29) is 0 Å². The lowest BCUT2D eigenvalue weighted by molar-refractivity contribution is 0.0792. The van der Waals surface area contributed by atoms with Crippen molar-refractivity contribution >= 4 is 0 Å². The Hall–Kier alpha value is -0.0800. The van der Waals surface area contributed by atoms with Crippen LogP contribution in [-0.2, 0) is 0 Å². The van der Waals surface area contributed by atoms with Gasteiger partial charge in [-0.3, -0.25) is 0 Å². The molecule has 1 saturated heterocycles. The van der Waals surface area contributed by atoms with Crippen LogP contribution in [0.1, 0.15) is 66.2 Å². The van der Waals surface area contributed by atoms with Crippen LogP contribution < -0.4 is 5.32 Å². The fourth-order valence-electron chi connectivity index (χ4n) is 4.13. The summed E-state index contributed by atoms with van der Waals surface area (Å²) in [6, 6.07) is 1.53. The maximum atomic E-state index is 3.63. The molecule has 0 spiro atoms. The summed E-state index contributed by atoms with van der Waals surface area (Å²) < 4.78 is 0. The first-order valence-electron chi connectivity index (χ1n) is 9.03. The second-order valence-electron chi connectivity index (χ2n) is 7.88. The van der Waals surface area contributed by atoms with E-state index in [1.54, 1.807) is 0 Å². The van der Waals surface area contributed by atoms with Gasteiger partial charge in [0.15, 0.2) is 0 Å². The van der Waals surface area contributed by atoms with E-state index in [1.165, 1.54) is 58.2 Å². The molecule has 0 amide bonds. The Morgan fingerprint density at radius 2 is 1.70 bits per heavy atom. The second kappa shape index (κ2) is 7.79. The van der Waals surface area contributed by atoms with E-state index in [0.717, 1.165) is 23.8 Å². The smallest absolute Gasteiger partial charge is 0.00955 e. The molecule has 2 aliphatic rings. The highest BCUT2D eigenvalue weighted by Crippen LogP contribution is 2.33. The molecule has 0 aromatic heterocycles. The molecule has 1 atom stereocenters. The van der Waals surface area contributed by atoms with Gasteiger partial charge in [0, 0.05) is 18.6 Å². The zero-order valence-electron chi connectivity index (χ0n) is 14.2. The fourth-order valence-corrected chi connectivity index (χ4v) is 4.13. The molecule has 2 heteroatoms. The molecule has 2 fully saturated rings. The van der Waals surface area contributed by atoms with Gasteiger partial charge in [0.25, 0.3) is 0 Å². The summed E-state index contributed by atoms with van der Waals surface area (Å²) >= 11 is 0. The number of hydrogen-bond acceptors (Lipinski definition) is 2. The Labute approximate surface area is 126 Å². The van der Waals surface area contributed by atoms with Crippen molar-refractivity contribution in [2.45, 2.75) is 78.3 Å². The van der Waals surface area contributed by atoms with E-state index in [9.17, 15) is 0 Å². The molecule has 1 aliphatic carbocycles. The van der Waals surface area contributed by atoms with Crippen molar-refractivity contribution in [2.75, 3.05) is 19.6 Å². The quantitative estimate of drug-likeness (QED) is 0.821. The van der Waals surface area contributed by atoms with Crippen LogP contribution in [0.2, 0.25) is 0 Å². The van der Waals surface area contributed by atoms with Crippen LogP contribution in [0.4, 0.5) is 0 Å². The fraction of sp³-hybridized carbons (Fsp3) is 1.00. The summed E-state index contributed by atoms with van der Waals surface area (Å²) in [5.41, 5.74) is 0. The van der Waals surface area contributed by atoms with Crippen molar-refractivity contribution in [2.24, 2.45) is 17.8 Å². The Morgan fingerprint density at radius 1 is 1.00 bits per heavy atom. The lowest BCUT2D eigenvalue weighted by atomic mass is 9.78. The highest BCUT2D eigenvalue weighted by molar-refractivity contribution is 4.85. The van der Waals surface area contributed by atoms with E-state index in [0.29, 0.717) is 6.04 Å². The van der Waals surface area contributed by atoms with Crippen LogP contribution in [0.15, 0.2) is 0 Å². The Kier molecular flexibility index (Phi) is 6.35. The molecule has 1 N–H and O–H groups in total. The Balaban J connectivity index is 1.75. The molecular formula is C18H36N2. The van der Waals surface area contributed by atoms with Crippen LogP contribution >= 0.6 is 0 Å². The van der Waals surface area contributed by atoms with Crippen LogP contribution in [0.25, 0.3) is 0 Å². The lowest BCUT2D eigenvalue weighted by Crippen LogP contribution is -2.47. The van der Waals surface area contributed by atoms with Gasteiger partial charge in [-0.2, -0.15) is 0 Å². The SMILES string of the molecule is CC(C)NCC1CCCN(C2CCC(C(C)C)CC2)C1. The number of rotatable bonds is 5. The van der Waals surface area contributed by atoms with E-state index in [1.807, 2.05) is 0 Å². The summed E-state index contributed by atoms with van der Waals surface area (Å²) in [5, 5.41) is 3.63. The maximum absolute atomic E-state index is 3.63. The van der Waals surface area contributed by atoms with Gasteiger partial charge in [-0.05, 0) is 69.4 Å². The standard InChI is InChI=1S/C18H36N2/c1-14(2)17-7-9-18(10-8-17)20-11-5-6-16(13-20)12-19-15(3)4/h14-19H,5-13H2,1-4H3. The Morgan fingerprint density at radius 3 is 2.30 bits per heavy atom. The normalized spacial score (nSPS) is 33.0. The Bertz CT molecular complexity index is 267. The van der Waals surface area contributed by atoms with E-state index in [2.05, 4.69) is 37.9 Å². The van der Waals surface area contributed by atoms with E-state index >= 15 is 0 Å². The largest absolute Gasteiger partial charge is 0.314 e. The highest BCUT2D eigenvalue weighted by atomic mass is 15.2. The topological polar surface area (TPSA) is 15.3 Å². The van der Waals surface area contributed by atoms with Crippen LogP contribution in [0.5, 0.6) is 0 Å². The molecule has 1 aliphatic heterocycles. The molecule has 1 saturated carbocycles. The van der Waals surface area contributed by atoms with Crippen LogP contribution in [-0.4, -0.2) is 36.6 Å². The minimum absolute atomic E-state index is 0.631. The second-order valence-corrected chi connectivity index (χ2v) is 7.88. The van der Waals surface area contributed by atoms with Crippen molar-refractivity contribution in [3.8, 4) is 0 Å². The molecule has 2 rings (SSSR count). The molecule has 1 heterocycles. The van der Waals surface area contributed by atoms with Gasteiger partial charge in [-0.15, -0.1) is 0 Å². The third-order valence-electron chi connectivity index (χ3n) is 5.57. The average molecular weight is 281 g/mol. The highest BCUT2D eigenvalue weighted by Gasteiger charge is 2.30. The van der Waals surface area contributed by atoms with Crippen molar-refractivity contribution in [3.63, 3.8) is 0 Å². The van der Waals surface area contributed by atoms with Gasteiger partial charge in [0.05, 0.1) is 0 Å². The molecule has 0 bridgehead atoms. The number of hydrogen-bond donors (Lipinski definition) is 1. The van der Waals surface area contributed by atoms with Crippen LogP contribution in [0, 0.1) is 17.8 Å². The maximum Gasteiger partial charge on any atom is 0.00955 e. The summed E-state index contributed by atoms with van der Waals surface area (Å²) in [7, 11) is 0. The van der Waals surface area contributed by atoms with Gasteiger partial charge in [0.1, 0.15) is 0 Å². The molecule has 0 radical (unpaired) electrons. The third-order valence-corrected chi connectivity index (χ3v) is 5.57. The van der Waals surface area contributed by atoms with E-state index in [4.69, 9.17) is 0 Å². The van der Waals surface area contributed by atoms with Crippen molar-refractivity contribution in [1.29, 1.82) is 0 Å². The number of piperidine rings is 1. The first-order chi connectivity index (χ1) is 9.56. The summed E-state index contributed by atoms with van der Waals surface area (Å²) in [6.07, 6.45) is 8.67. The average Bonchev–Trinajstić information content (AvgIpc) is 2.45. The predicted molar refractivity (Wildman–Crippen MR) is 88.0 cm³/mol. The predicted octanol–water partition coefficient (Wildman–Crippen LogP) is 3.91. The molecule has 1 unspecified atom stereocenters. The van der Waals surface area contributed by atoms with Crippen molar-refractivity contribution in [1.82, 2.24) is 10.2 Å². The summed E-state index contributed by atoms with van der Waals surface area (Å²) in [6.45, 7) is 13.2.